The van der Waals surface area contributed by atoms with Crippen LogP contribution < -0.4 is 0 Å². The van der Waals surface area contributed by atoms with E-state index in [2.05, 4.69) is 11.1 Å². The van der Waals surface area contributed by atoms with Crippen LogP contribution in [0.4, 0.5) is 8.78 Å². The Labute approximate surface area is 185 Å². The molecule has 3 atom stereocenters. The average Bonchev–Trinajstić information content (AvgIpc) is 3.31. The molecule has 7 nitrogen and oxygen atoms in total. The molecule has 1 N–H and O–H groups in total. The van der Waals surface area contributed by atoms with E-state index in [0.717, 1.165) is 18.4 Å². The van der Waals surface area contributed by atoms with Crippen LogP contribution in [-0.4, -0.2) is 58.6 Å². The van der Waals surface area contributed by atoms with Gasteiger partial charge in [0, 0.05) is 31.0 Å². The van der Waals surface area contributed by atoms with Crippen LogP contribution in [0.5, 0.6) is 0 Å². The number of likely N-dealkylation sites (N-methyl/N-ethyl adjacent to an activating group) is 1. The van der Waals surface area contributed by atoms with Crippen LogP contribution in [0.3, 0.4) is 0 Å². The van der Waals surface area contributed by atoms with E-state index in [1.165, 1.54) is 16.8 Å². The first-order valence-electron chi connectivity index (χ1n) is 10.5. The summed E-state index contributed by atoms with van der Waals surface area (Å²) in [6.07, 6.45) is 1.35. The van der Waals surface area contributed by atoms with Gasteiger partial charge < -0.3 is 19.6 Å². The fourth-order valence-electron chi connectivity index (χ4n) is 4.33. The fourth-order valence-corrected chi connectivity index (χ4v) is 4.33. The highest BCUT2D eigenvalue weighted by atomic mass is 19.1. The Hall–Kier alpha value is -3.28. The molecule has 3 unspecified atom stereocenters. The second-order valence-corrected chi connectivity index (χ2v) is 8.76. The molecular weight excluding hydrogens is 418 g/mol. The van der Waals surface area contributed by atoms with Crippen molar-refractivity contribution in [2.45, 2.75) is 45.7 Å². The lowest BCUT2D eigenvalue weighted by molar-refractivity contribution is -0.136. The molecule has 0 radical (unpaired) electrons. The van der Waals surface area contributed by atoms with Crippen molar-refractivity contribution in [3.05, 3.63) is 35.0 Å². The third-order valence-electron chi connectivity index (χ3n) is 6.00. The van der Waals surface area contributed by atoms with E-state index in [1.54, 1.807) is 6.92 Å². The van der Waals surface area contributed by atoms with Crippen LogP contribution in [0.25, 0.3) is 10.9 Å². The molecule has 0 aliphatic carbocycles. The Morgan fingerprint density at radius 3 is 2.66 bits per heavy atom. The fraction of sp³-hybridized carbons (Fsp3) is 0.478. The number of nitrogens with one attached hydrogen (secondary N) is 1. The number of likely N-dealkylation sites (tertiary alicyclic amines) is 1. The summed E-state index contributed by atoms with van der Waals surface area (Å²) < 4.78 is 27.9. The lowest BCUT2D eigenvalue weighted by Gasteiger charge is -2.33. The number of rotatable bonds is 6. The maximum Gasteiger partial charge on any atom is 0.271 e. The van der Waals surface area contributed by atoms with E-state index in [-0.39, 0.29) is 35.5 Å². The highest BCUT2D eigenvalue weighted by Gasteiger charge is 2.40. The Morgan fingerprint density at radius 1 is 1.38 bits per heavy atom. The van der Waals surface area contributed by atoms with Gasteiger partial charge in [0.2, 0.25) is 5.91 Å². The van der Waals surface area contributed by atoms with E-state index >= 15 is 0 Å². The number of aryl methyl sites for hydroxylation is 1. The Bertz CT molecular complexity index is 1100. The maximum absolute atomic E-state index is 14.3. The number of carbonyl (C=O) groups excluding carboxylic acids is 3. The minimum atomic E-state index is -0.879. The second-order valence-electron chi connectivity index (χ2n) is 8.76. The van der Waals surface area contributed by atoms with Gasteiger partial charge in [0.25, 0.3) is 5.91 Å². The van der Waals surface area contributed by atoms with E-state index in [9.17, 15) is 28.4 Å². The second kappa shape index (κ2) is 9.07. The molecule has 2 aromatic rings. The van der Waals surface area contributed by atoms with Gasteiger partial charge in [0.15, 0.2) is 0 Å². The predicted molar refractivity (Wildman–Crippen MR) is 114 cm³/mol. The molecule has 1 saturated heterocycles. The molecule has 0 spiro atoms. The van der Waals surface area contributed by atoms with Crippen molar-refractivity contribution < 1.29 is 23.2 Å². The van der Waals surface area contributed by atoms with Crippen molar-refractivity contribution in [1.29, 1.82) is 5.26 Å². The van der Waals surface area contributed by atoms with Crippen molar-refractivity contribution in [3.63, 3.8) is 0 Å². The number of nitriles is 1. The van der Waals surface area contributed by atoms with Crippen molar-refractivity contribution in [1.82, 2.24) is 14.8 Å². The number of amides is 2. The van der Waals surface area contributed by atoms with E-state index in [4.69, 9.17) is 0 Å². The summed E-state index contributed by atoms with van der Waals surface area (Å²) in [6, 6.07) is 2.32. The first kappa shape index (κ1) is 23.4. The molecule has 0 bridgehead atoms. The third-order valence-corrected chi connectivity index (χ3v) is 6.00. The van der Waals surface area contributed by atoms with Gasteiger partial charge in [-0.15, -0.1) is 0 Å². The summed E-state index contributed by atoms with van der Waals surface area (Å²) in [4.78, 5) is 43.4. The van der Waals surface area contributed by atoms with Crippen LogP contribution in [0.15, 0.2) is 12.1 Å². The number of nitrogens with zero attached hydrogens (tertiary/aromatic N) is 3. The van der Waals surface area contributed by atoms with Gasteiger partial charge in [-0.2, -0.15) is 5.26 Å². The molecule has 3 rings (SSSR count). The monoisotopic (exact) mass is 444 g/mol. The van der Waals surface area contributed by atoms with E-state index in [1.807, 2.05) is 13.8 Å². The highest BCUT2D eigenvalue weighted by Crippen LogP contribution is 2.29. The number of H-pyrrole nitrogens is 1. The van der Waals surface area contributed by atoms with Crippen molar-refractivity contribution >= 4 is 29.0 Å². The number of aromatic nitrogens is 1. The molecule has 1 fully saturated rings. The number of carbonyl (C=O) groups is 3. The molecule has 0 saturated carbocycles. The molecule has 9 heteroatoms. The quantitative estimate of drug-likeness (QED) is 0.692. The van der Waals surface area contributed by atoms with Gasteiger partial charge in [-0.25, -0.2) is 8.78 Å². The lowest BCUT2D eigenvalue weighted by atomic mass is 10.0. The summed E-state index contributed by atoms with van der Waals surface area (Å²) in [6.45, 7) is 5.50. The van der Waals surface area contributed by atoms with Crippen LogP contribution in [0.1, 0.15) is 42.7 Å². The first-order valence-corrected chi connectivity index (χ1v) is 10.5. The van der Waals surface area contributed by atoms with Gasteiger partial charge in [0.1, 0.15) is 35.7 Å². The SMILES string of the molecule is Cc1c(C(=O)N(C)C(CC(C)C)C(=O)N2CC(C=O)CC2C#N)[nH]c2cc(F)cc(F)c12. The van der Waals surface area contributed by atoms with Gasteiger partial charge in [0.05, 0.1) is 11.6 Å². The predicted octanol–water partition coefficient (Wildman–Crippen LogP) is 3.18. The summed E-state index contributed by atoms with van der Waals surface area (Å²) in [7, 11) is 1.48. The van der Waals surface area contributed by atoms with Crippen LogP contribution in [0.2, 0.25) is 0 Å². The summed E-state index contributed by atoms with van der Waals surface area (Å²) in [5.41, 5.74) is 0.543. The van der Waals surface area contributed by atoms with E-state index < -0.39 is 41.5 Å². The Morgan fingerprint density at radius 2 is 2.06 bits per heavy atom. The minimum absolute atomic E-state index is 0.0551. The number of aldehydes is 1. The van der Waals surface area contributed by atoms with Gasteiger partial charge in [-0.1, -0.05) is 13.8 Å². The topological polar surface area (TPSA) is 97.3 Å². The average molecular weight is 444 g/mol. The van der Waals surface area contributed by atoms with Crippen molar-refractivity contribution in [3.8, 4) is 6.07 Å². The molecule has 1 aliphatic rings. The molecule has 2 amide bonds. The molecule has 170 valence electrons. The van der Waals surface area contributed by atoms with Gasteiger partial charge >= 0.3 is 0 Å². The van der Waals surface area contributed by atoms with Gasteiger partial charge in [-0.05, 0) is 37.3 Å². The molecule has 1 aromatic heterocycles. The van der Waals surface area contributed by atoms with Crippen molar-refractivity contribution in [2.24, 2.45) is 11.8 Å². The third kappa shape index (κ3) is 4.22. The van der Waals surface area contributed by atoms with E-state index in [0.29, 0.717) is 12.0 Å². The van der Waals surface area contributed by atoms with Crippen LogP contribution >= 0.6 is 0 Å². The smallest absolute Gasteiger partial charge is 0.271 e. The Kier molecular flexibility index (Phi) is 6.63. The highest BCUT2D eigenvalue weighted by molar-refractivity contribution is 6.02. The number of aromatic amines is 1. The molecule has 32 heavy (non-hydrogen) atoms. The zero-order chi connectivity index (χ0) is 23.7. The van der Waals surface area contributed by atoms with Crippen LogP contribution in [0, 0.1) is 41.7 Å². The number of benzene rings is 1. The largest absolute Gasteiger partial charge is 0.350 e. The standard InChI is InChI=1S/C23H26F2N4O3/c1-12(2)5-19(22(31)29-10-14(11-30)6-16(29)9-26)28(4)23(32)21-13(3)20-17(25)7-15(24)8-18(20)27-21/h7-8,11-12,14,16,19,27H,5-6,10H2,1-4H3. The number of halogens is 2. The summed E-state index contributed by atoms with van der Waals surface area (Å²) in [5, 5.41) is 9.56. The maximum atomic E-state index is 14.3. The Balaban J connectivity index is 1.96. The van der Waals surface area contributed by atoms with Crippen molar-refractivity contribution in [2.75, 3.05) is 13.6 Å². The van der Waals surface area contributed by atoms with Crippen LogP contribution in [-0.2, 0) is 9.59 Å². The summed E-state index contributed by atoms with van der Waals surface area (Å²) >= 11 is 0. The molecule has 1 aliphatic heterocycles. The lowest BCUT2D eigenvalue weighted by Crippen LogP contribution is -2.51. The zero-order valence-electron chi connectivity index (χ0n) is 18.5. The molecular formula is C23H26F2N4O3. The zero-order valence-corrected chi connectivity index (χ0v) is 18.5. The number of hydrogen-bond donors (Lipinski definition) is 1. The first-order chi connectivity index (χ1) is 15.1. The van der Waals surface area contributed by atoms with Gasteiger partial charge in [-0.3, -0.25) is 9.59 Å². The number of hydrogen-bond acceptors (Lipinski definition) is 4. The minimum Gasteiger partial charge on any atom is -0.350 e. The normalized spacial score (nSPS) is 19.2. The number of fused-ring (bicyclic) bond motifs is 1. The molecule has 1 aromatic carbocycles. The molecule has 2 heterocycles. The summed E-state index contributed by atoms with van der Waals surface area (Å²) in [5.74, 6) is -2.86.